The molecule has 0 amide bonds. The van der Waals surface area contributed by atoms with Crippen molar-refractivity contribution < 1.29 is 14.6 Å². The predicted molar refractivity (Wildman–Crippen MR) is 52.9 cm³/mol. The van der Waals surface area contributed by atoms with Crippen LogP contribution in [0.15, 0.2) is 0 Å². The van der Waals surface area contributed by atoms with E-state index >= 15 is 0 Å². The molecule has 1 aliphatic heterocycles. The molecule has 0 aromatic heterocycles. The molecular formula is C10H19NO3. The van der Waals surface area contributed by atoms with Crippen molar-refractivity contribution in [2.45, 2.75) is 25.9 Å². The average molecular weight is 201 g/mol. The fourth-order valence-electron chi connectivity index (χ4n) is 1.74. The van der Waals surface area contributed by atoms with Gasteiger partial charge in [0.1, 0.15) is 0 Å². The molecule has 0 bridgehead atoms. The fourth-order valence-corrected chi connectivity index (χ4v) is 1.74. The summed E-state index contributed by atoms with van der Waals surface area (Å²) in [4.78, 5) is 13.6. The maximum absolute atomic E-state index is 11.5. The third-order valence-electron chi connectivity index (χ3n) is 2.68. The van der Waals surface area contributed by atoms with Crippen LogP contribution in [0.2, 0.25) is 0 Å². The van der Waals surface area contributed by atoms with Gasteiger partial charge in [0, 0.05) is 6.54 Å². The molecule has 4 nitrogen and oxygen atoms in total. The van der Waals surface area contributed by atoms with E-state index in [1.807, 2.05) is 7.05 Å². The van der Waals surface area contributed by atoms with Gasteiger partial charge in [0.05, 0.1) is 18.6 Å². The van der Waals surface area contributed by atoms with Gasteiger partial charge in [0.25, 0.3) is 0 Å². The number of hydrogen-bond acceptors (Lipinski definition) is 4. The summed E-state index contributed by atoms with van der Waals surface area (Å²) >= 11 is 0. The summed E-state index contributed by atoms with van der Waals surface area (Å²) in [5.41, 5.74) is 0. The van der Waals surface area contributed by atoms with Crippen LogP contribution >= 0.6 is 0 Å². The molecule has 1 fully saturated rings. The molecule has 1 saturated heterocycles. The molecule has 1 aliphatic rings. The molecule has 4 heteroatoms. The number of carbonyl (C=O) groups excluding carboxylic acids is 1. The molecule has 82 valence electrons. The molecule has 1 rings (SSSR count). The lowest BCUT2D eigenvalue weighted by molar-refractivity contribution is -0.152. The Morgan fingerprint density at radius 3 is 2.79 bits per heavy atom. The van der Waals surface area contributed by atoms with Crippen molar-refractivity contribution in [2.75, 3.05) is 26.7 Å². The van der Waals surface area contributed by atoms with Gasteiger partial charge in [-0.15, -0.1) is 0 Å². The number of rotatable bonds is 2. The molecular weight excluding hydrogens is 182 g/mol. The molecule has 1 heterocycles. The third-order valence-corrected chi connectivity index (χ3v) is 2.68. The van der Waals surface area contributed by atoms with E-state index < -0.39 is 6.10 Å². The lowest BCUT2D eigenvalue weighted by Gasteiger charge is -2.17. The standard InChI is InChI=1S/C10H19NO3/c1-3-14-10(13)8-4-6-11(2)7-5-9(8)12/h8-9,12H,3-7H2,1-2H3/t8-,9+/m0/s1. The molecule has 1 N–H and O–H groups in total. The SMILES string of the molecule is CCOC(=O)[C@H]1CCN(C)CC[C@H]1O. The van der Waals surface area contributed by atoms with E-state index in [2.05, 4.69) is 4.90 Å². The summed E-state index contributed by atoms with van der Waals surface area (Å²) in [6.45, 7) is 3.86. The fraction of sp³-hybridized carbons (Fsp3) is 0.900. The van der Waals surface area contributed by atoms with Gasteiger partial charge >= 0.3 is 5.97 Å². The number of aliphatic hydroxyl groups excluding tert-OH is 1. The maximum atomic E-state index is 11.5. The van der Waals surface area contributed by atoms with E-state index in [0.29, 0.717) is 19.4 Å². The molecule has 0 radical (unpaired) electrons. The number of ether oxygens (including phenoxy) is 1. The highest BCUT2D eigenvalue weighted by Crippen LogP contribution is 2.18. The molecule has 0 aliphatic carbocycles. The first-order chi connectivity index (χ1) is 6.65. The Kier molecular flexibility index (Phi) is 4.35. The molecule has 0 saturated carbocycles. The first kappa shape index (κ1) is 11.5. The minimum Gasteiger partial charge on any atom is -0.466 e. The first-order valence-corrected chi connectivity index (χ1v) is 5.18. The first-order valence-electron chi connectivity index (χ1n) is 5.18. The van der Waals surface area contributed by atoms with E-state index in [1.54, 1.807) is 6.92 Å². The predicted octanol–water partition coefficient (Wildman–Crippen LogP) is 0.252. The summed E-state index contributed by atoms with van der Waals surface area (Å²) in [6, 6.07) is 0. The van der Waals surface area contributed by atoms with Crippen molar-refractivity contribution in [3.63, 3.8) is 0 Å². The molecule has 0 aromatic carbocycles. The third kappa shape index (κ3) is 2.96. The van der Waals surface area contributed by atoms with Crippen molar-refractivity contribution in [3.05, 3.63) is 0 Å². The normalized spacial score (nSPS) is 29.6. The lowest BCUT2D eigenvalue weighted by atomic mass is 9.98. The maximum Gasteiger partial charge on any atom is 0.311 e. The highest BCUT2D eigenvalue weighted by molar-refractivity contribution is 5.73. The molecule has 14 heavy (non-hydrogen) atoms. The van der Waals surface area contributed by atoms with Crippen LogP contribution in [-0.2, 0) is 9.53 Å². The average Bonchev–Trinajstić information content (AvgIpc) is 2.30. The van der Waals surface area contributed by atoms with E-state index in [-0.39, 0.29) is 11.9 Å². The number of likely N-dealkylation sites (tertiary alicyclic amines) is 1. The van der Waals surface area contributed by atoms with Crippen molar-refractivity contribution >= 4 is 5.97 Å². The monoisotopic (exact) mass is 201 g/mol. The topological polar surface area (TPSA) is 49.8 Å². The van der Waals surface area contributed by atoms with Crippen molar-refractivity contribution in [1.82, 2.24) is 4.90 Å². The van der Waals surface area contributed by atoms with Crippen molar-refractivity contribution in [2.24, 2.45) is 5.92 Å². The van der Waals surface area contributed by atoms with Gasteiger partial charge in [-0.05, 0) is 33.4 Å². The Balaban J connectivity index is 2.53. The number of nitrogens with zero attached hydrogens (tertiary/aromatic N) is 1. The number of hydrogen-bond donors (Lipinski definition) is 1. The second kappa shape index (κ2) is 5.32. The zero-order valence-corrected chi connectivity index (χ0v) is 8.90. The minimum atomic E-state index is -0.543. The van der Waals surface area contributed by atoms with E-state index in [0.717, 1.165) is 13.1 Å². The highest BCUT2D eigenvalue weighted by atomic mass is 16.5. The van der Waals surface area contributed by atoms with Gasteiger partial charge in [0.2, 0.25) is 0 Å². The zero-order valence-electron chi connectivity index (χ0n) is 8.90. The summed E-state index contributed by atoms with van der Waals surface area (Å²) in [5, 5.41) is 9.74. The quantitative estimate of drug-likeness (QED) is 0.651. The van der Waals surface area contributed by atoms with Crippen LogP contribution in [0.3, 0.4) is 0 Å². The Morgan fingerprint density at radius 1 is 1.50 bits per heavy atom. The second-order valence-electron chi connectivity index (χ2n) is 3.81. The van der Waals surface area contributed by atoms with E-state index in [1.165, 1.54) is 0 Å². The molecule has 2 atom stereocenters. The Morgan fingerprint density at radius 2 is 2.14 bits per heavy atom. The van der Waals surface area contributed by atoms with Crippen molar-refractivity contribution in [3.8, 4) is 0 Å². The van der Waals surface area contributed by atoms with Gasteiger partial charge < -0.3 is 14.7 Å². The molecule has 0 aromatic rings. The van der Waals surface area contributed by atoms with Crippen LogP contribution in [0.4, 0.5) is 0 Å². The van der Waals surface area contributed by atoms with Crippen LogP contribution in [0, 0.1) is 5.92 Å². The Labute approximate surface area is 84.8 Å². The Hall–Kier alpha value is -0.610. The lowest BCUT2D eigenvalue weighted by Crippen LogP contribution is -2.29. The second-order valence-corrected chi connectivity index (χ2v) is 3.81. The summed E-state index contributed by atoms with van der Waals surface area (Å²) < 4.78 is 4.93. The van der Waals surface area contributed by atoms with Gasteiger partial charge in [-0.2, -0.15) is 0 Å². The Bertz CT molecular complexity index is 196. The van der Waals surface area contributed by atoms with Gasteiger partial charge in [-0.1, -0.05) is 0 Å². The summed E-state index contributed by atoms with van der Waals surface area (Å²) in [7, 11) is 2.00. The van der Waals surface area contributed by atoms with E-state index in [4.69, 9.17) is 4.74 Å². The van der Waals surface area contributed by atoms with Gasteiger partial charge in [-0.3, -0.25) is 4.79 Å². The smallest absolute Gasteiger partial charge is 0.311 e. The zero-order chi connectivity index (χ0) is 10.6. The minimum absolute atomic E-state index is 0.254. The number of aliphatic hydroxyl groups is 1. The van der Waals surface area contributed by atoms with Crippen LogP contribution < -0.4 is 0 Å². The van der Waals surface area contributed by atoms with E-state index in [9.17, 15) is 9.90 Å². The summed E-state index contributed by atoms with van der Waals surface area (Å²) in [6.07, 6.45) is 0.801. The van der Waals surface area contributed by atoms with Crippen LogP contribution in [0.1, 0.15) is 19.8 Å². The summed E-state index contributed by atoms with van der Waals surface area (Å²) in [5.74, 6) is -0.588. The number of carbonyl (C=O) groups is 1. The van der Waals surface area contributed by atoms with Gasteiger partial charge in [0.15, 0.2) is 0 Å². The van der Waals surface area contributed by atoms with Crippen LogP contribution in [-0.4, -0.2) is 48.8 Å². The van der Waals surface area contributed by atoms with Crippen LogP contribution in [0.25, 0.3) is 0 Å². The van der Waals surface area contributed by atoms with Gasteiger partial charge in [-0.25, -0.2) is 0 Å². The van der Waals surface area contributed by atoms with Crippen LogP contribution in [0.5, 0.6) is 0 Å². The largest absolute Gasteiger partial charge is 0.466 e. The van der Waals surface area contributed by atoms with Crippen molar-refractivity contribution in [1.29, 1.82) is 0 Å². The molecule has 0 unspecified atom stereocenters. The molecule has 0 spiro atoms. The number of esters is 1. The highest BCUT2D eigenvalue weighted by Gasteiger charge is 2.30.